The van der Waals surface area contributed by atoms with Crippen LogP contribution in [0.3, 0.4) is 0 Å². The highest BCUT2D eigenvalue weighted by Crippen LogP contribution is 2.37. The lowest BCUT2D eigenvalue weighted by molar-refractivity contribution is 0.138. The van der Waals surface area contributed by atoms with E-state index in [0.29, 0.717) is 12.3 Å². The van der Waals surface area contributed by atoms with Gasteiger partial charge in [0.2, 0.25) is 6.43 Å². The van der Waals surface area contributed by atoms with E-state index in [4.69, 9.17) is 0 Å². The van der Waals surface area contributed by atoms with Gasteiger partial charge in [-0.05, 0) is 55.1 Å². The fourth-order valence-corrected chi connectivity index (χ4v) is 3.42. The molecule has 0 aliphatic heterocycles. The number of benzene rings is 1. The van der Waals surface area contributed by atoms with Crippen LogP contribution in [0.4, 0.5) is 8.78 Å². The summed E-state index contributed by atoms with van der Waals surface area (Å²) >= 11 is 0. The third kappa shape index (κ3) is 4.57. The molecule has 0 atom stereocenters. The Morgan fingerprint density at radius 2 is 1.70 bits per heavy atom. The molecular formula is C18H26F2. The van der Waals surface area contributed by atoms with Crippen LogP contribution < -0.4 is 0 Å². The van der Waals surface area contributed by atoms with E-state index >= 15 is 0 Å². The molecule has 2 heteroatoms. The van der Waals surface area contributed by atoms with Crippen molar-refractivity contribution in [1.29, 1.82) is 0 Å². The maximum absolute atomic E-state index is 12.2. The summed E-state index contributed by atoms with van der Waals surface area (Å²) in [5.41, 5.74) is 2.44. The van der Waals surface area contributed by atoms with Crippen LogP contribution >= 0.6 is 0 Å². The number of aryl methyl sites for hydroxylation is 1. The zero-order valence-corrected chi connectivity index (χ0v) is 12.5. The molecule has 0 amide bonds. The molecule has 20 heavy (non-hydrogen) atoms. The van der Waals surface area contributed by atoms with Gasteiger partial charge in [0.15, 0.2) is 0 Å². The molecule has 0 unspecified atom stereocenters. The molecule has 0 heterocycles. The van der Waals surface area contributed by atoms with E-state index in [-0.39, 0.29) is 6.42 Å². The highest BCUT2D eigenvalue weighted by Gasteiger charge is 2.21. The molecule has 0 spiro atoms. The average Bonchev–Trinajstić information content (AvgIpc) is 2.47. The zero-order chi connectivity index (χ0) is 14.4. The van der Waals surface area contributed by atoms with Crippen LogP contribution in [0.1, 0.15) is 68.9 Å². The van der Waals surface area contributed by atoms with E-state index in [1.165, 1.54) is 44.1 Å². The quantitative estimate of drug-likeness (QED) is 0.603. The van der Waals surface area contributed by atoms with Crippen LogP contribution in [0.25, 0.3) is 0 Å². The molecule has 1 saturated carbocycles. The third-order valence-corrected chi connectivity index (χ3v) is 4.65. The molecule has 0 aromatic heterocycles. The normalized spacial score (nSPS) is 23.2. The van der Waals surface area contributed by atoms with E-state index < -0.39 is 6.43 Å². The molecule has 1 aromatic carbocycles. The third-order valence-electron chi connectivity index (χ3n) is 4.65. The summed E-state index contributed by atoms with van der Waals surface area (Å²) in [6.07, 6.45) is 6.23. The molecule has 0 bridgehead atoms. The second-order valence-electron chi connectivity index (χ2n) is 6.18. The summed E-state index contributed by atoms with van der Waals surface area (Å²) in [6.45, 7) is 2.27. The number of hydrogen-bond donors (Lipinski definition) is 0. The van der Waals surface area contributed by atoms with Crippen LogP contribution in [-0.4, -0.2) is 6.43 Å². The van der Waals surface area contributed by atoms with Gasteiger partial charge in [-0.1, -0.05) is 44.0 Å². The highest BCUT2D eigenvalue weighted by atomic mass is 19.3. The van der Waals surface area contributed by atoms with Crippen molar-refractivity contribution in [1.82, 2.24) is 0 Å². The first kappa shape index (κ1) is 15.5. The molecule has 1 fully saturated rings. The van der Waals surface area contributed by atoms with Crippen molar-refractivity contribution < 1.29 is 8.78 Å². The Bertz CT molecular complexity index is 375. The van der Waals surface area contributed by atoms with E-state index in [1.54, 1.807) is 0 Å². The number of halogens is 2. The lowest BCUT2D eigenvalue weighted by atomic mass is 9.77. The molecule has 112 valence electrons. The maximum Gasteiger partial charge on any atom is 0.239 e. The van der Waals surface area contributed by atoms with Gasteiger partial charge in [-0.3, -0.25) is 0 Å². The Morgan fingerprint density at radius 1 is 1.05 bits per heavy atom. The van der Waals surface area contributed by atoms with Crippen molar-refractivity contribution in [2.75, 3.05) is 0 Å². The first-order valence-corrected chi connectivity index (χ1v) is 8.06. The van der Waals surface area contributed by atoms with Gasteiger partial charge in [-0.25, -0.2) is 8.78 Å². The average molecular weight is 280 g/mol. The Balaban J connectivity index is 1.84. The summed E-state index contributed by atoms with van der Waals surface area (Å²) in [5, 5.41) is 0. The first-order valence-electron chi connectivity index (χ1n) is 8.06. The minimum atomic E-state index is -2.19. The lowest BCUT2D eigenvalue weighted by Gasteiger charge is -2.28. The van der Waals surface area contributed by atoms with E-state index in [9.17, 15) is 8.78 Å². The monoisotopic (exact) mass is 280 g/mol. The van der Waals surface area contributed by atoms with Crippen LogP contribution in [0.5, 0.6) is 0 Å². The van der Waals surface area contributed by atoms with Gasteiger partial charge < -0.3 is 0 Å². The van der Waals surface area contributed by atoms with Gasteiger partial charge >= 0.3 is 0 Å². The standard InChI is InChI=1S/C18H26F2/c1-2-3-14-4-9-16(10-5-14)17-11-6-15(7-12-17)8-13-18(19)20/h6-7,11-12,14,16,18H,2-5,8-10,13H2,1H3. The molecule has 1 aromatic rings. The molecular weight excluding hydrogens is 254 g/mol. The van der Waals surface area contributed by atoms with E-state index in [2.05, 4.69) is 19.1 Å². The fourth-order valence-electron chi connectivity index (χ4n) is 3.42. The second kappa shape index (κ2) is 7.75. The Kier molecular flexibility index (Phi) is 6.00. The Hall–Kier alpha value is -0.920. The van der Waals surface area contributed by atoms with Gasteiger partial charge in [-0.2, -0.15) is 0 Å². The minimum absolute atomic E-state index is 0.0263. The fraction of sp³-hybridized carbons (Fsp3) is 0.667. The van der Waals surface area contributed by atoms with E-state index in [1.807, 2.05) is 12.1 Å². The van der Waals surface area contributed by atoms with Gasteiger partial charge in [0, 0.05) is 6.42 Å². The minimum Gasteiger partial charge on any atom is -0.211 e. The maximum atomic E-state index is 12.2. The second-order valence-corrected chi connectivity index (χ2v) is 6.18. The van der Waals surface area contributed by atoms with Crippen molar-refractivity contribution in [2.24, 2.45) is 5.92 Å². The zero-order valence-electron chi connectivity index (χ0n) is 12.5. The summed E-state index contributed by atoms with van der Waals surface area (Å²) in [6, 6.07) is 8.39. The number of alkyl halides is 2. The van der Waals surface area contributed by atoms with E-state index in [0.717, 1.165) is 11.5 Å². The highest BCUT2D eigenvalue weighted by molar-refractivity contribution is 5.26. The van der Waals surface area contributed by atoms with Crippen molar-refractivity contribution in [3.63, 3.8) is 0 Å². The van der Waals surface area contributed by atoms with Crippen molar-refractivity contribution in [3.8, 4) is 0 Å². The van der Waals surface area contributed by atoms with Gasteiger partial charge in [-0.15, -0.1) is 0 Å². The summed E-state index contributed by atoms with van der Waals surface area (Å²) < 4.78 is 24.4. The van der Waals surface area contributed by atoms with Crippen LogP contribution in [0, 0.1) is 5.92 Å². The summed E-state index contributed by atoms with van der Waals surface area (Å²) in [5.74, 6) is 1.62. The van der Waals surface area contributed by atoms with Crippen molar-refractivity contribution in [3.05, 3.63) is 35.4 Å². The van der Waals surface area contributed by atoms with Gasteiger partial charge in [0.25, 0.3) is 0 Å². The predicted molar refractivity (Wildman–Crippen MR) is 80.4 cm³/mol. The lowest BCUT2D eigenvalue weighted by Crippen LogP contribution is -2.13. The molecule has 0 N–H and O–H groups in total. The largest absolute Gasteiger partial charge is 0.239 e. The molecule has 0 radical (unpaired) electrons. The number of rotatable bonds is 6. The smallest absolute Gasteiger partial charge is 0.211 e. The summed E-state index contributed by atoms with van der Waals surface area (Å²) in [4.78, 5) is 0. The number of hydrogen-bond acceptors (Lipinski definition) is 0. The summed E-state index contributed by atoms with van der Waals surface area (Å²) in [7, 11) is 0. The molecule has 0 nitrogen and oxygen atoms in total. The van der Waals surface area contributed by atoms with Crippen LogP contribution in [-0.2, 0) is 6.42 Å². The van der Waals surface area contributed by atoms with Crippen LogP contribution in [0.2, 0.25) is 0 Å². The predicted octanol–water partition coefficient (Wildman–Crippen LogP) is 5.96. The van der Waals surface area contributed by atoms with Crippen molar-refractivity contribution >= 4 is 0 Å². The Labute approximate surface area is 121 Å². The molecule has 1 aliphatic rings. The topological polar surface area (TPSA) is 0 Å². The molecule has 2 rings (SSSR count). The molecule has 1 aliphatic carbocycles. The van der Waals surface area contributed by atoms with Crippen molar-refractivity contribution in [2.45, 2.75) is 70.6 Å². The SMILES string of the molecule is CCCC1CCC(c2ccc(CCC(F)F)cc2)CC1. The molecule has 0 saturated heterocycles. The van der Waals surface area contributed by atoms with Gasteiger partial charge in [0.05, 0.1) is 0 Å². The van der Waals surface area contributed by atoms with Crippen LogP contribution in [0.15, 0.2) is 24.3 Å². The van der Waals surface area contributed by atoms with Gasteiger partial charge in [0.1, 0.15) is 0 Å². The first-order chi connectivity index (χ1) is 9.69. The Morgan fingerprint density at radius 3 is 2.25 bits per heavy atom.